The highest BCUT2D eigenvalue weighted by Crippen LogP contribution is 2.32. The van der Waals surface area contributed by atoms with E-state index >= 15 is 0 Å². The number of amides is 1. The van der Waals surface area contributed by atoms with Crippen LogP contribution in [0.15, 0.2) is 42.5 Å². The molecule has 0 aliphatic carbocycles. The van der Waals surface area contributed by atoms with E-state index in [0.29, 0.717) is 6.54 Å². The van der Waals surface area contributed by atoms with Crippen LogP contribution in [0.3, 0.4) is 0 Å². The smallest absolute Gasteiger partial charge is 0.416 e. The quantitative estimate of drug-likeness (QED) is 0.783. The van der Waals surface area contributed by atoms with Crippen molar-refractivity contribution in [3.05, 3.63) is 53.6 Å². The van der Waals surface area contributed by atoms with Gasteiger partial charge in [-0.3, -0.25) is 4.79 Å². The predicted molar refractivity (Wildman–Crippen MR) is 85.0 cm³/mol. The minimum atomic E-state index is -4.52. The number of hydrogen-bond donors (Lipinski definition) is 2. The summed E-state index contributed by atoms with van der Waals surface area (Å²) >= 11 is 0. The Bertz CT molecular complexity index is 639. The van der Waals surface area contributed by atoms with Gasteiger partial charge in [0.2, 0.25) is 0 Å². The summed E-state index contributed by atoms with van der Waals surface area (Å²) in [6.45, 7) is 5.43. The van der Waals surface area contributed by atoms with Crippen LogP contribution >= 0.6 is 0 Å². The van der Waals surface area contributed by atoms with Crippen molar-refractivity contribution < 1.29 is 22.7 Å². The van der Waals surface area contributed by atoms with Crippen LogP contribution in [0.5, 0.6) is 5.75 Å². The molecule has 1 amide bonds. The Labute approximate surface area is 138 Å². The van der Waals surface area contributed by atoms with Gasteiger partial charge in [-0.25, -0.2) is 0 Å². The number of benzene rings is 1. The van der Waals surface area contributed by atoms with Crippen molar-refractivity contribution in [2.45, 2.75) is 12.6 Å². The summed E-state index contributed by atoms with van der Waals surface area (Å²) < 4.78 is 44.0. The molecule has 0 saturated heterocycles. The maximum absolute atomic E-state index is 12.9. The van der Waals surface area contributed by atoms with Crippen LogP contribution in [0, 0.1) is 0 Å². The third kappa shape index (κ3) is 4.86. The SMILES string of the molecule is C=CCOc1ccc(C(F)(F)F)cc1C(=O)NCC1=CCNCC1. The lowest BCUT2D eigenvalue weighted by atomic mass is 10.1. The first-order valence-electron chi connectivity index (χ1n) is 7.53. The molecule has 0 fully saturated rings. The van der Waals surface area contributed by atoms with E-state index in [0.717, 1.165) is 43.3 Å². The number of carbonyl (C=O) groups excluding carboxylic acids is 1. The van der Waals surface area contributed by atoms with Crippen LogP contribution < -0.4 is 15.4 Å². The van der Waals surface area contributed by atoms with Gasteiger partial charge in [0.15, 0.2) is 0 Å². The third-order valence-corrected chi connectivity index (χ3v) is 3.54. The van der Waals surface area contributed by atoms with Crippen molar-refractivity contribution >= 4 is 5.91 Å². The third-order valence-electron chi connectivity index (χ3n) is 3.54. The normalized spacial score (nSPS) is 14.7. The number of hydrogen-bond acceptors (Lipinski definition) is 3. The fourth-order valence-corrected chi connectivity index (χ4v) is 2.28. The van der Waals surface area contributed by atoms with E-state index in [1.807, 2.05) is 6.08 Å². The molecule has 2 N–H and O–H groups in total. The van der Waals surface area contributed by atoms with E-state index in [1.54, 1.807) is 0 Å². The Morgan fingerprint density at radius 2 is 2.21 bits per heavy atom. The Morgan fingerprint density at radius 1 is 1.42 bits per heavy atom. The largest absolute Gasteiger partial charge is 0.489 e. The van der Waals surface area contributed by atoms with Gasteiger partial charge in [0, 0.05) is 13.1 Å². The van der Waals surface area contributed by atoms with Crippen LogP contribution in [0.25, 0.3) is 0 Å². The van der Waals surface area contributed by atoms with E-state index < -0.39 is 17.6 Å². The molecule has 0 atom stereocenters. The molecule has 0 bridgehead atoms. The molecular formula is C17H19F3N2O2. The van der Waals surface area contributed by atoms with E-state index in [-0.39, 0.29) is 17.9 Å². The molecule has 1 aromatic rings. The van der Waals surface area contributed by atoms with Crippen LogP contribution in [0.1, 0.15) is 22.3 Å². The summed E-state index contributed by atoms with van der Waals surface area (Å²) in [5.74, 6) is -0.501. The van der Waals surface area contributed by atoms with Crippen molar-refractivity contribution in [2.75, 3.05) is 26.2 Å². The van der Waals surface area contributed by atoms with Crippen LogP contribution in [-0.2, 0) is 6.18 Å². The summed E-state index contributed by atoms with van der Waals surface area (Å²) in [6.07, 6.45) is -0.309. The first-order chi connectivity index (χ1) is 11.4. The number of rotatable bonds is 6. The van der Waals surface area contributed by atoms with Crippen molar-refractivity contribution in [2.24, 2.45) is 0 Å². The highest BCUT2D eigenvalue weighted by Gasteiger charge is 2.32. The second kappa shape index (κ2) is 8.01. The van der Waals surface area contributed by atoms with Gasteiger partial charge in [-0.2, -0.15) is 13.2 Å². The minimum absolute atomic E-state index is 0.0969. The predicted octanol–water partition coefficient (Wildman–Crippen LogP) is 2.92. The van der Waals surface area contributed by atoms with Crippen molar-refractivity contribution in [1.29, 1.82) is 0 Å². The molecule has 7 heteroatoms. The van der Waals surface area contributed by atoms with E-state index in [2.05, 4.69) is 17.2 Å². The molecule has 24 heavy (non-hydrogen) atoms. The summed E-state index contributed by atoms with van der Waals surface area (Å²) in [7, 11) is 0. The highest BCUT2D eigenvalue weighted by atomic mass is 19.4. The van der Waals surface area contributed by atoms with Gasteiger partial charge >= 0.3 is 6.18 Å². The van der Waals surface area contributed by atoms with E-state index in [1.165, 1.54) is 6.08 Å². The minimum Gasteiger partial charge on any atom is -0.489 e. The Balaban J connectivity index is 2.18. The fourth-order valence-electron chi connectivity index (χ4n) is 2.28. The maximum atomic E-state index is 12.9. The van der Waals surface area contributed by atoms with Crippen LogP contribution in [0.4, 0.5) is 13.2 Å². The molecule has 4 nitrogen and oxygen atoms in total. The second-order valence-electron chi connectivity index (χ2n) is 5.31. The van der Waals surface area contributed by atoms with Crippen molar-refractivity contribution in [3.8, 4) is 5.75 Å². The summed E-state index contributed by atoms with van der Waals surface area (Å²) in [5.41, 5.74) is 0.0172. The summed E-state index contributed by atoms with van der Waals surface area (Å²) in [5, 5.41) is 5.80. The lowest BCUT2D eigenvalue weighted by Gasteiger charge is -2.16. The van der Waals surface area contributed by atoms with Crippen molar-refractivity contribution in [1.82, 2.24) is 10.6 Å². The molecule has 130 valence electrons. The van der Waals surface area contributed by atoms with Gasteiger partial charge in [0.25, 0.3) is 5.91 Å². The van der Waals surface area contributed by atoms with Gasteiger partial charge in [-0.1, -0.05) is 24.3 Å². The molecule has 2 rings (SSSR count). The monoisotopic (exact) mass is 340 g/mol. The molecule has 0 saturated carbocycles. The van der Waals surface area contributed by atoms with E-state index in [4.69, 9.17) is 4.74 Å². The molecule has 1 aromatic carbocycles. The first kappa shape index (κ1) is 18.1. The topological polar surface area (TPSA) is 50.4 Å². The second-order valence-corrected chi connectivity index (χ2v) is 5.31. The summed E-state index contributed by atoms with van der Waals surface area (Å²) in [6, 6.07) is 2.86. The molecule has 1 aliphatic heterocycles. The van der Waals surface area contributed by atoms with Gasteiger partial charge < -0.3 is 15.4 Å². The maximum Gasteiger partial charge on any atom is 0.416 e. The zero-order valence-electron chi connectivity index (χ0n) is 13.1. The summed E-state index contributed by atoms with van der Waals surface area (Å²) in [4.78, 5) is 12.3. The number of nitrogens with one attached hydrogen (secondary N) is 2. The number of halogens is 3. The Kier molecular flexibility index (Phi) is 6.03. The molecule has 0 spiro atoms. The van der Waals surface area contributed by atoms with Gasteiger partial charge in [0.1, 0.15) is 12.4 Å². The Hall–Kier alpha value is -2.28. The standard InChI is InChI=1S/C17H19F3N2O2/c1-2-9-24-15-4-3-13(17(18,19)20)10-14(15)16(23)22-11-12-5-7-21-8-6-12/h2-5,10,21H,1,6-9,11H2,(H,22,23). The van der Waals surface area contributed by atoms with Crippen LogP contribution in [-0.4, -0.2) is 32.1 Å². The number of carbonyl (C=O) groups is 1. The molecule has 0 radical (unpaired) electrons. The Morgan fingerprint density at radius 3 is 2.83 bits per heavy atom. The zero-order chi connectivity index (χ0) is 17.6. The van der Waals surface area contributed by atoms with Crippen molar-refractivity contribution in [3.63, 3.8) is 0 Å². The number of alkyl halides is 3. The zero-order valence-corrected chi connectivity index (χ0v) is 13.1. The molecule has 0 unspecified atom stereocenters. The average molecular weight is 340 g/mol. The van der Waals surface area contributed by atoms with Crippen LogP contribution in [0.2, 0.25) is 0 Å². The average Bonchev–Trinajstić information content (AvgIpc) is 2.57. The lowest BCUT2D eigenvalue weighted by molar-refractivity contribution is -0.137. The first-order valence-corrected chi connectivity index (χ1v) is 7.53. The fraction of sp³-hybridized carbons (Fsp3) is 0.353. The lowest BCUT2D eigenvalue weighted by Crippen LogP contribution is -2.30. The van der Waals surface area contributed by atoms with Gasteiger partial charge in [-0.15, -0.1) is 0 Å². The molecular weight excluding hydrogens is 321 g/mol. The van der Waals surface area contributed by atoms with Gasteiger partial charge in [-0.05, 0) is 31.2 Å². The van der Waals surface area contributed by atoms with E-state index in [9.17, 15) is 18.0 Å². The molecule has 1 heterocycles. The molecule has 1 aliphatic rings. The van der Waals surface area contributed by atoms with Gasteiger partial charge in [0.05, 0.1) is 11.1 Å². The molecule has 0 aromatic heterocycles. The number of ether oxygens (including phenoxy) is 1. The highest BCUT2D eigenvalue weighted by molar-refractivity contribution is 5.97.